The largest absolute Gasteiger partial charge is 0.468 e. The molecule has 7 heteroatoms. The van der Waals surface area contributed by atoms with E-state index in [1.165, 1.54) is 13.4 Å². The maximum Gasteiger partial charge on any atom is 0.317 e. The highest BCUT2D eigenvalue weighted by atomic mass is 16.5. The van der Waals surface area contributed by atoms with E-state index in [9.17, 15) is 4.79 Å². The van der Waals surface area contributed by atoms with Crippen molar-refractivity contribution in [3.8, 4) is 0 Å². The van der Waals surface area contributed by atoms with Gasteiger partial charge in [-0.3, -0.25) is 9.78 Å². The lowest BCUT2D eigenvalue weighted by molar-refractivity contribution is -0.145. The number of rotatable bonds is 2. The van der Waals surface area contributed by atoms with Crippen LogP contribution in [0.5, 0.6) is 0 Å². The maximum absolute atomic E-state index is 12.4. The van der Waals surface area contributed by atoms with Crippen LogP contribution in [0, 0.1) is 5.92 Å². The Kier molecular flexibility index (Phi) is 3.26. The highest BCUT2D eigenvalue weighted by molar-refractivity contribution is 5.81. The van der Waals surface area contributed by atoms with Gasteiger partial charge in [-0.25, -0.2) is 4.68 Å². The Hall–Kier alpha value is -3.22. The number of hydrogen-bond donors (Lipinski definition) is 1. The van der Waals surface area contributed by atoms with E-state index in [0.29, 0.717) is 11.6 Å². The van der Waals surface area contributed by atoms with Crippen LogP contribution in [-0.2, 0) is 9.53 Å². The van der Waals surface area contributed by atoms with E-state index in [-0.39, 0.29) is 12.0 Å². The zero-order valence-electron chi connectivity index (χ0n) is 13.0. The minimum atomic E-state index is -0.599. The van der Waals surface area contributed by atoms with E-state index in [0.717, 1.165) is 16.5 Å². The minimum Gasteiger partial charge on any atom is -0.468 e. The molecule has 3 aromatic rings. The second kappa shape index (κ2) is 5.45. The summed E-state index contributed by atoms with van der Waals surface area (Å²) < 4.78 is 6.67. The molecule has 0 saturated heterocycles. The third-order valence-corrected chi connectivity index (χ3v) is 4.22. The highest BCUT2D eigenvalue weighted by Gasteiger charge is 2.40. The molecule has 3 heterocycles. The molecule has 0 bridgehead atoms. The van der Waals surface area contributed by atoms with E-state index in [4.69, 9.17) is 4.74 Å². The molecule has 2 unspecified atom stereocenters. The molecule has 2 atom stereocenters. The molecular formula is C17H15N5O2. The Bertz CT molecular complexity index is 949. The summed E-state index contributed by atoms with van der Waals surface area (Å²) in [7, 11) is 1.37. The molecular weight excluding hydrogens is 306 g/mol. The number of nitrogens with zero attached hydrogens (tertiary/aromatic N) is 4. The molecule has 0 amide bonds. The summed E-state index contributed by atoms with van der Waals surface area (Å²) in [5.41, 5.74) is 2.35. The monoisotopic (exact) mass is 321 g/mol. The van der Waals surface area contributed by atoms with Gasteiger partial charge in [0.2, 0.25) is 5.95 Å². The first-order valence-corrected chi connectivity index (χ1v) is 7.47. The predicted octanol–water partition coefficient (Wildman–Crippen LogP) is 2.14. The fourth-order valence-corrected chi connectivity index (χ4v) is 3.11. The number of anilines is 1. The summed E-state index contributed by atoms with van der Waals surface area (Å²) >= 11 is 0. The second-order valence-electron chi connectivity index (χ2n) is 5.58. The van der Waals surface area contributed by atoms with Crippen molar-refractivity contribution in [2.75, 3.05) is 12.4 Å². The summed E-state index contributed by atoms with van der Waals surface area (Å²) in [6.45, 7) is 3.98. The Morgan fingerprint density at radius 1 is 1.33 bits per heavy atom. The van der Waals surface area contributed by atoms with E-state index < -0.39 is 5.92 Å². The first kappa shape index (κ1) is 14.4. The Morgan fingerprint density at radius 3 is 3.04 bits per heavy atom. The van der Waals surface area contributed by atoms with Crippen LogP contribution in [0.3, 0.4) is 0 Å². The molecule has 0 saturated carbocycles. The first-order chi connectivity index (χ1) is 11.7. The average Bonchev–Trinajstić information content (AvgIpc) is 3.07. The van der Waals surface area contributed by atoms with Crippen LogP contribution in [0.15, 0.2) is 55.1 Å². The van der Waals surface area contributed by atoms with Gasteiger partial charge < -0.3 is 10.1 Å². The molecule has 4 rings (SSSR count). The zero-order chi connectivity index (χ0) is 16.7. The fourth-order valence-electron chi connectivity index (χ4n) is 3.11. The number of carbonyl (C=O) groups excluding carboxylic acids is 1. The van der Waals surface area contributed by atoms with Gasteiger partial charge in [-0.05, 0) is 23.8 Å². The van der Waals surface area contributed by atoms with Crippen molar-refractivity contribution in [1.29, 1.82) is 0 Å². The van der Waals surface area contributed by atoms with Crippen molar-refractivity contribution >= 4 is 22.8 Å². The predicted molar refractivity (Wildman–Crippen MR) is 88.2 cm³/mol. The summed E-state index contributed by atoms with van der Waals surface area (Å²) in [4.78, 5) is 20.9. The molecule has 1 aliphatic rings. The average molecular weight is 321 g/mol. The van der Waals surface area contributed by atoms with Crippen LogP contribution >= 0.6 is 0 Å². The fraction of sp³-hybridized carbons (Fsp3) is 0.176. The number of methoxy groups -OCH3 is 1. The number of aromatic nitrogens is 4. The number of benzene rings is 1. The SMILES string of the molecule is C=C1Nc2ncnn2C(c2ccc3ncccc3c2)C1C(=O)OC. The molecule has 0 spiro atoms. The van der Waals surface area contributed by atoms with Gasteiger partial charge in [0.05, 0.1) is 18.7 Å². The van der Waals surface area contributed by atoms with Gasteiger partial charge in [-0.15, -0.1) is 0 Å². The number of nitrogens with one attached hydrogen (secondary N) is 1. The summed E-state index contributed by atoms with van der Waals surface area (Å²) in [5, 5.41) is 8.29. The third-order valence-electron chi connectivity index (χ3n) is 4.22. The Morgan fingerprint density at radius 2 is 2.21 bits per heavy atom. The van der Waals surface area contributed by atoms with Crippen LogP contribution in [0.4, 0.5) is 5.95 Å². The second-order valence-corrected chi connectivity index (χ2v) is 5.58. The van der Waals surface area contributed by atoms with E-state index in [2.05, 4.69) is 27.0 Å². The van der Waals surface area contributed by atoms with Crippen molar-refractivity contribution in [1.82, 2.24) is 19.7 Å². The van der Waals surface area contributed by atoms with Crippen molar-refractivity contribution < 1.29 is 9.53 Å². The van der Waals surface area contributed by atoms with Gasteiger partial charge in [0.1, 0.15) is 12.2 Å². The van der Waals surface area contributed by atoms with Gasteiger partial charge in [0.25, 0.3) is 0 Å². The lowest BCUT2D eigenvalue weighted by atomic mass is 9.88. The summed E-state index contributed by atoms with van der Waals surface area (Å²) in [6.07, 6.45) is 3.20. The van der Waals surface area contributed by atoms with Crippen LogP contribution in [-0.4, -0.2) is 32.8 Å². The van der Waals surface area contributed by atoms with Crippen molar-refractivity contribution in [3.05, 3.63) is 60.7 Å². The van der Waals surface area contributed by atoms with Crippen LogP contribution in [0.25, 0.3) is 10.9 Å². The molecule has 24 heavy (non-hydrogen) atoms. The van der Waals surface area contributed by atoms with Gasteiger partial charge in [0, 0.05) is 17.3 Å². The minimum absolute atomic E-state index is 0.370. The number of ether oxygens (including phenoxy) is 1. The van der Waals surface area contributed by atoms with Gasteiger partial charge in [-0.1, -0.05) is 18.7 Å². The molecule has 7 nitrogen and oxygen atoms in total. The molecule has 0 aliphatic carbocycles. The number of fused-ring (bicyclic) bond motifs is 2. The molecule has 1 aliphatic heterocycles. The molecule has 0 fully saturated rings. The van der Waals surface area contributed by atoms with Gasteiger partial charge in [0.15, 0.2) is 0 Å². The van der Waals surface area contributed by atoms with Gasteiger partial charge in [-0.2, -0.15) is 10.1 Å². The lowest BCUT2D eigenvalue weighted by Gasteiger charge is -2.32. The highest BCUT2D eigenvalue weighted by Crippen LogP contribution is 2.38. The molecule has 2 aromatic heterocycles. The molecule has 1 aromatic carbocycles. The molecule has 1 N–H and O–H groups in total. The number of pyridine rings is 1. The van der Waals surface area contributed by atoms with Gasteiger partial charge >= 0.3 is 5.97 Å². The van der Waals surface area contributed by atoms with E-state index in [1.807, 2.05) is 30.3 Å². The third kappa shape index (κ3) is 2.13. The van der Waals surface area contributed by atoms with Crippen molar-refractivity contribution in [2.24, 2.45) is 5.92 Å². The summed E-state index contributed by atoms with van der Waals surface area (Å²) in [5.74, 6) is -0.417. The molecule has 0 radical (unpaired) electrons. The standard InChI is InChI=1S/C17H15N5O2/c1-10-14(16(23)24-2)15(22-17(21-10)19-9-20-22)12-5-6-13-11(8-12)4-3-7-18-13/h3-9,14-15H,1H2,2H3,(H,19,20,21). The lowest BCUT2D eigenvalue weighted by Crippen LogP contribution is -2.37. The first-order valence-electron chi connectivity index (χ1n) is 7.47. The summed E-state index contributed by atoms with van der Waals surface area (Å²) in [6, 6.07) is 9.37. The smallest absolute Gasteiger partial charge is 0.317 e. The quantitative estimate of drug-likeness (QED) is 0.728. The van der Waals surface area contributed by atoms with Crippen molar-refractivity contribution in [2.45, 2.75) is 6.04 Å². The maximum atomic E-state index is 12.4. The number of esters is 1. The Balaban J connectivity index is 1.90. The normalized spacial score (nSPS) is 19.6. The Labute approximate surface area is 138 Å². The number of carbonyl (C=O) groups is 1. The number of hydrogen-bond acceptors (Lipinski definition) is 6. The van der Waals surface area contributed by atoms with Crippen LogP contribution < -0.4 is 5.32 Å². The molecule has 120 valence electrons. The topological polar surface area (TPSA) is 81.9 Å². The zero-order valence-corrected chi connectivity index (χ0v) is 13.0. The van der Waals surface area contributed by atoms with Crippen LogP contribution in [0.2, 0.25) is 0 Å². The van der Waals surface area contributed by atoms with E-state index >= 15 is 0 Å². The van der Waals surface area contributed by atoms with Crippen molar-refractivity contribution in [3.63, 3.8) is 0 Å². The van der Waals surface area contributed by atoms with Crippen LogP contribution in [0.1, 0.15) is 11.6 Å². The van der Waals surface area contributed by atoms with E-state index in [1.54, 1.807) is 10.9 Å².